The molecule has 168 valence electrons. The molecule has 8 heteroatoms. The molecule has 2 rings (SSSR count). The maximum atomic E-state index is 12.4. The van der Waals surface area contributed by atoms with E-state index in [-0.39, 0.29) is 75.6 Å². The van der Waals surface area contributed by atoms with Gasteiger partial charge in [-0.1, -0.05) is 13.8 Å². The first-order valence-corrected chi connectivity index (χ1v) is 9.86. The molecule has 0 atom stereocenters. The van der Waals surface area contributed by atoms with Gasteiger partial charge in [0.15, 0.2) is 11.6 Å². The van der Waals surface area contributed by atoms with Crippen molar-refractivity contribution < 1.29 is 39.5 Å². The number of hydrogen-bond acceptors (Lipinski definition) is 8. The molecular formula is C23H28O8. The number of rotatable bonds is 8. The first-order valence-electron chi connectivity index (χ1n) is 9.86. The number of phenolic OH excluding ortho intramolecular Hbond substituents is 4. The largest absolute Gasteiger partial charge is 0.507 e. The molecule has 0 radical (unpaired) electrons. The van der Waals surface area contributed by atoms with Crippen molar-refractivity contribution >= 4 is 11.6 Å². The molecule has 8 nitrogen and oxygen atoms in total. The minimum Gasteiger partial charge on any atom is -0.507 e. The molecule has 0 bridgehead atoms. The van der Waals surface area contributed by atoms with Crippen molar-refractivity contribution in [3.8, 4) is 34.5 Å². The SMILES string of the molecule is CCC(=O)c1c(O)c(C)c(OC)c(Cc2c(O)c(C(=O)CC)c(O)c(C)c2OC)c1O. The van der Waals surface area contributed by atoms with E-state index in [1.54, 1.807) is 13.8 Å². The topological polar surface area (TPSA) is 134 Å². The molecular weight excluding hydrogens is 404 g/mol. The molecule has 0 amide bonds. The Hall–Kier alpha value is -3.42. The zero-order chi connectivity index (χ0) is 23.6. The van der Waals surface area contributed by atoms with Crippen LogP contribution in [0.15, 0.2) is 0 Å². The summed E-state index contributed by atoms with van der Waals surface area (Å²) in [5, 5.41) is 42.7. The van der Waals surface area contributed by atoms with E-state index in [0.717, 1.165) is 0 Å². The van der Waals surface area contributed by atoms with Gasteiger partial charge in [-0.15, -0.1) is 0 Å². The third-order valence-electron chi connectivity index (χ3n) is 5.42. The van der Waals surface area contributed by atoms with Gasteiger partial charge in [-0.3, -0.25) is 9.59 Å². The van der Waals surface area contributed by atoms with Gasteiger partial charge in [-0.2, -0.15) is 0 Å². The molecule has 0 heterocycles. The lowest BCUT2D eigenvalue weighted by atomic mass is 9.90. The number of carbonyl (C=O) groups excluding carboxylic acids is 2. The van der Waals surface area contributed by atoms with Crippen molar-refractivity contribution in [3.63, 3.8) is 0 Å². The third-order valence-corrected chi connectivity index (χ3v) is 5.42. The van der Waals surface area contributed by atoms with Crippen LogP contribution in [0.5, 0.6) is 34.5 Å². The normalized spacial score (nSPS) is 10.8. The van der Waals surface area contributed by atoms with Gasteiger partial charge in [0.05, 0.1) is 14.2 Å². The number of benzene rings is 2. The second-order valence-electron chi connectivity index (χ2n) is 7.15. The van der Waals surface area contributed by atoms with Gasteiger partial charge in [-0.25, -0.2) is 0 Å². The van der Waals surface area contributed by atoms with E-state index in [0.29, 0.717) is 0 Å². The summed E-state index contributed by atoms with van der Waals surface area (Å²) in [4.78, 5) is 24.7. The number of methoxy groups -OCH3 is 2. The number of Topliss-reactive ketones (excluding diaryl/α,β-unsaturated/α-hetero) is 2. The lowest BCUT2D eigenvalue weighted by Crippen LogP contribution is -2.08. The molecule has 0 spiro atoms. The summed E-state index contributed by atoms with van der Waals surface area (Å²) in [6.45, 7) is 6.27. The highest BCUT2D eigenvalue weighted by Gasteiger charge is 2.30. The van der Waals surface area contributed by atoms with E-state index in [9.17, 15) is 30.0 Å². The van der Waals surface area contributed by atoms with Gasteiger partial charge in [0.1, 0.15) is 45.6 Å². The Labute approximate surface area is 180 Å². The van der Waals surface area contributed by atoms with E-state index in [1.165, 1.54) is 28.1 Å². The van der Waals surface area contributed by atoms with Crippen LogP contribution in [-0.4, -0.2) is 46.2 Å². The van der Waals surface area contributed by atoms with Crippen molar-refractivity contribution in [2.45, 2.75) is 47.0 Å². The fourth-order valence-electron chi connectivity index (χ4n) is 3.72. The Morgan fingerprint density at radius 1 is 0.677 bits per heavy atom. The molecule has 0 aliphatic heterocycles. The highest BCUT2D eigenvalue weighted by molar-refractivity contribution is 6.03. The summed E-state index contributed by atoms with van der Waals surface area (Å²) in [7, 11) is 2.69. The first kappa shape index (κ1) is 23.9. The number of ether oxygens (including phenoxy) is 2. The zero-order valence-electron chi connectivity index (χ0n) is 18.5. The summed E-state index contributed by atoms with van der Waals surface area (Å²) in [6.07, 6.45) is -0.0943. The molecule has 31 heavy (non-hydrogen) atoms. The van der Waals surface area contributed by atoms with Crippen molar-refractivity contribution in [2.75, 3.05) is 14.2 Å². The summed E-state index contributed by atoms with van der Waals surface area (Å²) >= 11 is 0. The van der Waals surface area contributed by atoms with Crippen molar-refractivity contribution in [2.24, 2.45) is 0 Å². The highest BCUT2D eigenvalue weighted by atomic mass is 16.5. The molecule has 0 aliphatic carbocycles. The average Bonchev–Trinajstić information content (AvgIpc) is 2.75. The van der Waals surface area contributed by atoms with Gasteiger partial charge in [0.2, 0.25) is 0 Å². The van der Waals surface area contributed by atoms with Crippen molar-refractivity contribution in [3.05, 3.63) is 33.4 Å². The Morgan fingerprint density at radius 3 is 1.26 bits per heavy atom. The van der Waals surface area contributed by atoms with E-state index >= 15 is 0 Å². The van der Waals surface area contributed by atoms with Crippen LogP contribution in [-0.2, 0) is 6.42 Å². The van der Waals surface area contributed by atoms with Crippen LogP contribution in [0.4, 0.5) is 0 Å². The maximum absolute atomic E-state index is 12.4. The van der Waals surface area contributed by atoms with Crippen LogP contribution in [0, 0.1) is 13.8 Å². The standard InChI is InChI=1S/C23H28O8/c1-7-14(24)16-18(26)10(3)22(30-5)12(20(16)28)9-13-21(29)17(15(25)8-2)19(27)11(4)23(13)31-6/h26-29H,7-9H2,1-6H3. The Kier molecular flexibility index (Phi) is 7.05. The molecule has 2 aromatic carbocycles. The van der Waals surface area contributed by atoms with Gasteiger partial charge in [0.25, 0.3) is 0 Å². The minimum atomic E-state index is -0.484. The fraction of sp³-hybridized carbons (Fsp3) is 0.391. The highest BCUT2D eigenvalue weighted by Crippen LogP contribution is 2.48. The Morgan fingerprint density at radius 2 is 1.00 bits per heavy atom. The Bertz CT molecular complexity index is 970. The van der Waals surface area contributed by atoms with E-state index in [1.807, 2.05) is 0 Å². The van der Waals surface area contributed by atoms with Crippen molar-refractivity contribution in [1.29, 1.82) is 0 Å². The summed E-state index contributed by atoms with van der Waals surface area (Å²) in [5.41, 5.74) is 0.257. The van der Waals surface area contributed by atoms with Crippen LogP contribution in [0.3, 0.4) is 0 Å². The molecule has 0 saturated heterocycles. The van der Waals surface area contributed by atoms with Crippen LogP contribution >= 0.6 is 0 Å². The molecule has 4 N–H and O–H groups in total. The number of hydrogen-bond donors (Lipinski definition) is 4. The van der Waals surface area contributed by atoms with Gasteiger partial charge in [0, 0.05) is 41.5 Å². The smallest absolute Gasteiger partial charge is 0.170 e. The van der Waals surface area contributed by atoms with E-state index in [2.05, 4.69) is 0 Å². The van der Waals surface area contributed by atoms with Crippen LogP contribution in [0.2, 0.25) is 0 Å². The number of ketones is 2. The molecule has 0 fully saturated rings. The van der Waals surface area contributed by atoms with E-state index < -0.39 is 23.1 Å². The second kappa shape index (κ2) is 9.16. The predicted molar refractivity (Wildman–Crippen MR) is 114 cm³/mol. The lowest BCUT2D eigenvalue weighted by molar-refractivity contribution is 0.0974. The quantitative estimate of drug-likeness (QED) is 0.461. The summed E-state index contributed by atoms with van der Waals surface area (Å²) in [6, 6.07) is 0. The number of carbonyl (C=O) groups is 2. The minimum absolute atomic E-state index is 0.0500. The fourth-order valence-corrected chi connectivity index (χ4v) is 3.72. The molecule has 0 saturated carbocycles. The van der Waals surface area contributed by atoms with E-state index in [4.69, 9.17) is 9.47 Å². The summed E-state index contributed by atoms with van der Waals surface area (Å²) in [5.74, 6) is -2.43. The van der Waals surface area contributed by atoms with Gasteiger partial charge < -0.3 is 29.9 Å². The van der Waals surface area contributed by atoms with Crippen molar-refractivity contribution in [1.82, 2.24) is 0 Å². The monoisotopic (exact) mass is 432 g/mol. The molecule has 0 aromatic heterocycles. The lowest BCUT2D eigenvalue weighted by Gasteiger charge is -2.21. The molecule has 2 aromatic rings. The zero-order valence-corrected chi connectivity index (χ0v) is 18.5. The average molecular weight is 432 g/mol. The van der Waals surface area contributed by atoms with Gasteiger partial charge >= 0.3 is 0 Å². The predicted octanol–water partition coefficient (Wildman–Crippen LogP) is 3.92. The van der Waals surface area contributed by atoms with Crippen LogP contribution in [0.1, 0.15) is 69.7 Å². The molecule has 0 aliphatic rings. The Balaban J connectivity index is 2.91. The summed E-state index contributed by atoms with van der Waals surface area (Å²) < 4.78 is 10.7. The number of phenols is 4. The van der Waals surface area contributed by atoms with Gasteiger partial charge in [-0.05, 0) is 13.8 Å². The number of aromatic hydroxyl groups is 4. The first-order chi connectivity index (χ1) is 14.6. The van der Waals surface area contributed by atoms with Crippen LogP contribution < -0.4 is 9.47 Å². The molecule has 0 unspecified atom stereocenters. The maximum Gasteiger partial charge on any atom is 0.170 e. The third kappa shape index (κ3) is 3.85. The second-order valence-corrected chi connectivity index (χ2v) is 7.15. The van der Waals surface area contributed by atoms with Crippen LogP contribution in [0.25, 0.3) is 0 Å².